The van der Waals surface area contributed by atoms with Crippen molar-refractivity contribution in [3.05, 3.63) is 53.7 Å². The molecule has 1 aromatic heterocycles. The highest BCUT2D eigenvalue weighted by atomic mass is 32.2. The Bertz CT molecular complexity index is 682. The summed E-state index contributed by atoms with van der Waals surface area (Å²) in [6.07, 6.45) is 2.71. The predicted octanol–water partition coefficient (Wildman–Crippen LogP) is 1.59. The van der Waals surface area contributed by atoms with Crippen molar-refractivity contribution in [2.24, 2.45) is 0 Å². The standard InChI is InChI=1S/C14H16N2O3S/c1-20(18,19)13-3-2-8-15-14(13)16-9-11-4-6-12(10-17)7-5-11/h2-8,17H,9-10H2,1H3,(H,15,16). The van der Waals surface area contributed by atoms with Gasteiger partial charge >= 0.3 is 0 Å². The van der Waals surface area contributed by atoms with E-state index >= 15 is 0 Å². The Hall–Kier alpha value is -1.92. The van der Waals surface area contributed by atoms with Crippen molar-refractivity contribution < 1.29 is 13.5 Å². The maximum atomic E-state index is 11.6. The van der Waals surface area contributed by atoms with Crippen molar-refractivity contribution in [3.8, 4) is 0 Å². The fourth-order valence-corrected chi connectivity index (χ4v) is 2.57. The molecule has 20 heavy (non-hydrogen) atoms. The minimum atomic E-state index is -3.31. The van der Waals surface area contributed by atoms with Crippen LogP contribution in [0.25, 0.3) is 0 Å². The number of nitrogens with zero attached hydrogens (tertiary/aromatic N) is 1. The van der Waals surface area contributed by atoms with Crippen molar-refractivity contribution in [2.45, 2.75) is 18.0 Å². The predicted molar refractivity (Wildman–Crippen MR) is 77.0 cm³/mol. The lowest BCUT2D eigenvalue weighted by molar-refractivity contribution is 0.282. The van der Waals surface area contributed by atoms with Gasteiger partial charge < -0.3 is 10.4 Å². The average molecular weight is 292 g/mol. The number of rotatable bonds is 5. The van der Waals surface area contributed by atoms with Crippen LogP contribution >= 0.6 is 0 Å². The summed E-state index contributed by atoms with van der Waals surface area (Å²) < 4.78 is 23.3. The van der Waals surface area contributed by atoms with Crippen molar-refractivity contribution in [3.63, 3.8) is 0 Å². The van der Waals surface area contributed by atoms with Gasteiger partial charge in [-0.2, -0.15) is 0 Å². The number of benzene rings is 1. The Morgan fingerprint density at radius 3 is 2.40 bits per heavy atom. The van der Waals surface area contributed by atoms with Gasteiger partial charge in [-0.1, -0.05) is 24.3 Å². The molecule has 0 fully saturated rings. The molecule has 0 bridgehead atoms. The maximum absolute atomic E-state index is 11.6. The average Bonchev–Trinajstić information content (AvgIpc) is 2.45. The van der Waals surface area contributed by atoms with Crippen LogP contribution in [0.4, 0.5) is 5.82 Å². The molecule has 2 aromatic rings. The van der Waals surface area contributed by atoms with Crippen LogP contribution in [0.15, 0.2) is 47.5 Å². The molecule has 2 N–H and O–H groups in total. The van der Waals surface area contributed by atoms with E-state index in [2.05, 4.69) is 10.3 Å². The topological polar surface area (TPSA) is 79.3 Å². The Kier molecular flexibility index (Phi) is 4.36. The molecule has 0 saturated carbocycles. The van der Waals surface area contributed by atoms with Gasteiger partial charge in [0, 0.05) is 19.0 Å². The van der Waals surface area contributed by atoms with Crippen LogP contribution in [0.3, 0.4) is 0 Å². The molecule has 0 radical (unpaired) electrons. The molecule has 0 aliphatic carbocycles. The molecule has 6 heteroatoms. The summed E-state index contributed by atoms with van der Waals surface area (Å²) in [7, 11) is -3.31. The lowest BCUT2D eigenvalue weighted by Crippen LogP contribution is -2.07. The first kappa shape index (κ1) is 14.5. The second kappa shape index (κ2) is 6.02. The van der Waals surface area contributed by atoms with Crippen LogP contribution in [0.1, 0.15) is 11.1 Å². The van der Waals surface area contributed by atoms with Gasteiger partial charge in [-0.15, -0.1) is 0 Å². The number of aliphatic hydroxyl groups is 1. The van der Waals surface area contributed by atoms with Crippen LogP contribution in [-0.4, -0.2) is 24.8 Å². The molecule has 1 aromatic carbocycles. The van der Waals surface area contributed by atoms with Gasteiger partial charge in [0.15, 0.2) is 9.84 Å². The van der Waals surface area contributed by atoms with E-state index in [-0.39, 0.29) is 11.5 Å². The van der Waals surface area contributed by atoms with E-state index in [1.165, 1.54) is 6.07 Å². The van der Waals surface area contributed by atoms with Crippen molar-refractivity contribution in [1.29, 1.82) is 0 Å². The largest absolute Gasteiger partial charge is 0.392 e. The summed E-state index contributed by atoms with van der Waals surface area (Å²) in [5.41, 5.74) is 1.82. The highest BCUT2D eigenvalue weighted by molar-refractivity contribution is 7.90. The van der Waals surface area contributed by atoms with Gasteiger partial charge in [-0.05, 0) is 23.3 Å². The Morgan fingerprint density at radius 2 is 1.80 bits per heavy atom. The Balaban J connectivity index is 2.15. The molecule has 0 atom stereocenters. The molecule has 0 saturated heterocycles. The highest BCUT2D eigenvalue weighted by Gasteiger charge is 2.13. The molecule has 2 rings (SSSR count). The second-order valence-corrected chi connectivity index (χ2v) is 6.43. The van der Waals surface area contributed by atoms with E-state index in [9.17, 15) is 8.42 Å². The van der Waals surface area contributed by atoms with Gasteiger partial charge in [-0.3, -0.25) is 0 Å². The third-order valence-corrected chi connectivity index (χ3v) is 3.96. The number of hydrogen-bond donors (Lipinski definition) is 2. The smallest absolute Gasteiger partial charge is 0.179 e. The number of nitrogens with one attached hydrogen (secondary N) is 1. The summed E-state index contributed by atoms with van der Waals surface area (Å²) in [6.45, 7) is 0.470. The third kappa shape index (κ3) is 3.55. The fraction of sp³-hybridized carbons (Fsp3) is 0.214. The minimum absolute atomic E-state index is 0.00613. The zero-order valence-corrected chi connectivity index (χ0v) is 11.9. The summed E-state index contributed by atoms with van der Waals surface area (Å²) in [4.78, 5) is 4.25. The molecule has 0 aliphatic heterocycles. The summed E-state index contributed by atoms with van der Waals surface area (Å²) in [6, 6.07) is 10.5. The first-order valence-corrected chi connectivity index (χ1v) is 7.97. The molecule has 0 aliphatic rings. The van der Waals surface area contributed by atoms with E-state index < -0.39 is 9.84 Å². The zero-order chi connectivity index (χ0) is 14.6. The van der Waals surface area contributed by atoms with Crippen LogP contribution < -0.4 is 5.32 Å². The van der Waals surface area contributed by atoms with Crippen LogP contribution in [-0.2, 0) is 23.0 Å². The van der Waals surface area contributed by atoms with Crippen molar-refractivity contribution >= 4 is 15.7 Å². The normalized spacial score (nSPS) is 11.3. The Morgan fingerprint density at radius 1 is 1.15 bits per heavy atom. The second-order valence-electron chi connectivity index (χ2n) is 4.45. The molecular formula is C14H16N2O3S. The van der Waals surface area contributed by atoms with E-state index in [0.717, 1.165) is 17.4 Å². The van der Waals surface area contributed by atoms with Crippen LogP contribution in [0.2, 0.25) is 0 Å². The summed E-state index contributed by atoms with van der Waals surface area (Å²) in [5.74, 6) is 0.348. The summed E-state index contributed by atoms with van der Waals surface area (Å²) in [5, 5.41) is 12.0. The van der Waals surface area contributed by atoms with Gasteiger partial charge in [0.05, 0.1) is 6.61 Å². The molecule has 0 amide bonds. The SMILES string of the molecule is CS(=O)(=O)c1cccnc1NCc1ccc(CO)cc1. The molecule has 0 unspecified atom stereocenters. The lowest BCUT2D eigenvalue weighted by Gasteiger charge is -2.09. The number of sulfone groups is 1. The van der Waals surface area contributed by atoms with Crippen LogP contribution in [0.5, 0.6) is 0 Å². The first-order valence-electron chi connectivity index (χ1n) is 6.08. The van der Waals surface area contributed by atoms with Gasteiger partial charge in [-0.25, -0.2) is 13.4 Å². The molecular weight excluding hydrogens is 276 g/mol. The number of pyridine rings is 1. The number of aliphatic hydroxyl groups excluding tert-OH is 1. The van der Waals surface area contributed by atoms with Gasteiger partial charge in [0.2, 0.25) is 0 Å². The molecule has 1 heterocycles. The first-order chi connectivity index (χ1) is 9.50. The highest BCUT2D eigenvalue weighted by Crippen LogP contribution is 2.18. The maximum Gasteiger partial charge on any atom is 0.179 e. The monoisotopic (exact) mass is 292 g/mol. The summed E-state index contributed by atoms with van der Waals surface area (Å²) >= 11 is 0. The number of anilines is 1. The van der Waals surface area contributed by atoms with Crippen LogP contribution in [0, 0.1) is 0 Å². The minimum Gasteiger partial charge on any atom is -0.392 e. The molecule has 106 valence electrons. The fourth-order valence-electron chi connectivity index (χ4n) is 1.77. The van der Waals surface area contributed by atoms with Crippen molar-refractivity contribution in [1.82, 2.24) is 4.98 Å². The van der Waals surface area contributed by atoms with E-state index in [0.29, 0.717) is 12.4 Å². The Labute approximate surface area is 118 Å². The number of aromatic nitrogens is 1. The van der Waals surface area contributed by atoms with Gasteiger partial charge in [0.1, 0.15) is 10.7 Å². The molecule has 5 nitrogen and oxygen atoms in total. The lowest BCUT2D eigenvalue weighted by atomic mass is 10.1. The van der Waals surface area contributed by atoms with E-state index in [1.54, 1.807) is 12.3 Å². The van der Waals surface area contributed by atoms with E-state index in [1.807, 2.05) is 24.3 Å². The third-order valence-electron chi connectivity index (χ3n) is 2.84. The van der Waals surface area contributed by atoms with E-state index in [4.69, 9.17) is 5.11 Å². The molecule has 0 spiro atoms. The zero-order valence-electron chi connectivity index (χ0n) is 11.1. The van der Waals surface area contributed by atoms with Gasteiger partial charge in [0.25, 0.3) is 0 Å². The quantitative estimate of drug-likeness (QED) is 0.875. The number of hydrogen-bond acceptors (Lipinski definition) is 5. The van der Waals surface area contributed by atoms with Crippen molar-refractivity contribution in [2.75, 3.05) is 11.6 Å².